The summed E-state index contributed by atoms with van der Waals surface area (Å²) in [5.74, 6) is 1.29. The summed E-state index contributed by atoms with van der Waals surface area (Å²) in [4.78, 5) is 23.6. The normalized spacial score (nSPS) is 9.65. The van der Waals surface area contributed by atoms with Crippen LogP contribution in [0.5, 0.6) is 5.75 Å². The van der Waals surface area contributed by atoms with Gasteiger partial charge in [0, 0.05) is 0 Å². The van der Waals surface area contributed by atoms with Crippen LogP contribution in [0.4, 0.5) is 0 Å². The standard InChI is InChI=1S/C15H17NO4/c1-4-7-16(9-15(18)19)14(17)10-20-13-6-5-11(2)8-12(13)3/h1,5-6,8H,7,9-10H2,2-3H3,(H,18,19). The molecule has 5 heteroatoms. The number of terminal acetylenes is 1. The van der Waals surface area contributed by atoms with E-state index < -0.39 is 18.4 Å². The molecule has 0 aliphatic heterocycles. The summed E-state index contributed by atoms with van der Waals surface area (Å²) in [6, 6.07) is 5.60. The lowest BCUT2D eigenvalue weighted by molar-refractivity contribution is -0.144. The fraction of sp³-hybridized carbons (Fsp3) is 0.333. The molecule has 0 saturated heterocycles. The van der Waals surface area contributed by atoms with Gasteiger partial charge in [0.25, 0.3) is 5.91 Å². The van der Waals surface area contributed by atoms with E-state index in [1.807, 2.05) is 26.0 Å². The van der Waals surface area contributed by atoms with Gasteiger partial charge in [-0.05, 0) is 25.5 Å². The molecule has 1 N–H and O–H groups in total. The Kier molecular flexibility index (Phi) is 5.60. The summed E-state index contributed by atoms with van der Waals surface area (Å²) in [5, 5.41) is 8.72. The Morgan fingerprint density at radius 2 is 2.10 bits per heavy atom. The van der Waals surface area contributed by atoms with Gasteiger partial charge in [-0.15, -0.1) is 6.42 Å². The lowest BCUT2D eigenvalue weighted by Crippen LogP contribution is -2.39. The smallest absolute Gasteiger partial charge is 0.323 e. The minimum Gasteiger partial charge on any atom is -0.483 e. The van der Waals surface area contributed by atoms with Crippen LogP contribution >= 0.6 is 0 Å². The van der Waals surface area contributed by atoms with E-state index in [2.05, 4.69) is 5.92 Å². The predicted octanol–water partition coefficient (Wildman–Crippen LogP) is 1.23. The number of ether oxygens (including phenoxy) is 1. The Hall–Kier alpha value is -2.48. The minimum atomic E-state index is -1.11. The average molecular weight is 275 g/mol. The third-order valence-electron chi connectivity index (χ3n) is 2.64. The molecule has 0 bridgehead atoms. The molecule has 0 saturated carbocycles. The van der Waals surface area contributed by atoms with Crippen LogP contribution in [-0.4, -0.2) is 41.6 Å². The van der Waals surface area contributed by atoms with Gasteiger partial charge in [-0.2, -0.15) is 0 Å². The quantitative estimate of drug-likeness (QED) is 0.793. The summed E-state index contributed by atoms with van der Waals surface area (Å²) in [6.07, 6.45) is 5.11. The zero-order valence-electron chi connectivity index (χ0n) is 11.5. The number of carbonyl (C=O) groups excluding carboxylic acids is 1. The summed E-state index contributed by atoms with van der Waals surface area (Å²) in [5.41, 5.74) is 2.01. The molecule has 0 heterocycles. The zero-order chi connectivity index (χ0) is 15.1. The van der Waals surface area contributed by atoms with Gasteiger partial charge in [-0.3, -0.25) is 9.59 Å². The van der Waals surface area contributed by atoms with E-state index in [4.69, 9.17) is 16.3 Å². The molecule has 0 radical (unpaired) electrons. The topological polar surface area (TPSA) is 66.8 Å². The fourth-order valence-electron chi connectivity index (χ4n) is 1.70. The van der Waals surface area contributed by atoms with E-state index in [0.717, 1.165) is 16.0 Å². The van der Waals surface area contributed by atoms with E-state index >= 15 is 0 Å². The maximum absolute atomic E-state index is 11.9. The van der Waals surface area contributed by atoms with Crippen molar-refractivity contribution < 1.29 is 19.4 Å². The summed E-state index contributed by atoms with van der Waals surface area (Å²) in [7, 11) is 0. The highest BCUT2D eigenvalue weighted by molar-refractivity contribution is 5.82. The van der Waals surface area contributed by atoms with Gasteiger partial charge >= 0.3 is 5.97 Å². The van der Waals surface area contributed by atoms with Crippen molar-refractivity contribution in [2.24, 2.45) is 0 Å². The number of hydrogen-bond acceptors (Lipinski definition) is 3. The van der Waals surface area contributed by atoms with Crippen LogP contribution in [0.3, 0.4) is 0 Å². The van der Waals surface area contributed by atoms with Crippen LogP contribution in [-0.2, 0) is 9.59 Å². The SMILES string of the molecule is C#CCN(CC(=O)O)C(=O)COc1ccc(C)cc1C. The molecule has 0 aromatic heterocycles. The Bertz CT molecular complexity index is 545. The Morgan fingerprint density at radius 3 is 2.65 bits per heavy atom. The van der Waals surface area contributed by atoms with Gasteiger partial charge in [0.15, 0.2) is 6.61 Å². The number of carboxylic acid groups (broad SMARTS) is 1. The fourth-order valence-corrected chi connectivity index (χ4v) is 1.70. The summed E-state index contributed by atoms with van der Waals surface area (Å²) in [6.45, 7) is 3.12. The van der Waals surface area contributed by atoms with E-state index in [-0.39, 0.29) is 13.2 Å². The van der Waals surface area contributed by atoms with E-state index in [1.165, 1.54) is 0 Å². The second-order valence-corrected chi connectivity index (χ2v) is 4.41. The van der Waals surface area contributed by atoms with Crippen molar-refractivity contribution >= 4 is 11.9 Å². The Labute approximate surface area is 118 Å². The molecule has 5 nitrogen and oxygen atoms in total. The van der Waals surface area contributed by atoms with Crippen molar-refractivity contribution in [3.05, 3.63) is 29.3 Å². The van der Waals surface area contributed by atoms with Crippen LogP contribution in [0, 0.1) is 26.2 Å². The number of nitrogens with zero attached hydrogens (tertiary/aromatic N) is 1. The molecule has 1 aromatic rings. The van der Waals surface area contributed by atoms with Crippen LogP contribution in [0.15, 0.2) is 18.2 Å². The molecule has 0 fully saturated rings. The Morgan fingerprint density at radius 1 is 1.40 bits per heavy atom. The molecule has 0 aliphatic rings. The van der Waals surface area contributed by atoms with Gasteiger partial charge in [0.2, 0.25) is 0 Å². The van der Waals surface area contributed by atoms with Crippen molar-refractivity contribution in [2.45, 2.75) is 13.8 Å². The molecule has 1 amide bonds. The molecular formula is C15H17NO4. The highest BCUT2D eigenvalue weighted by Crippen LogP contribution is 2.18. The first-order valence-electron chi connectivity index (χ1n) is 6.07. The first-order chi connectivity index (χ1) is 9.43. The van der Waals surface area contributed by atoms with E-state index in [0.29, 0.717) is 5.75 Å². The van der Waals surface area contributed by atoms with Crippen LogP contribution in [0.2, 0.25) is 0 Å². The van der Waals surface area contributed by atoms with Crippen molar-refractivity contribution in [2.75, 3.05) is 19.7 Å². The first-order valence-corrected chi connectivity index (χ1v) is 6.07. The van der Waals surface area contributed by atoms with E-state index in [9.17, 15) is 9.59 Å². The van der Waals surface area contributed by atoms with E-state index in [1.54, 1.807) is 6.07 Å². The molecule has 1 aromatic carbocycles. The molecular weight excluding hydrogens is 258 g/mol. The lowest BCUT2D eigenvalue weighted by atomic mass is 10.1. The maximum atomic E-state index is 11.9. The highest BCUT2D eigenvalue weighted by Gasteiger charge is 2.16. The Balaban J connectivity index is 2.64. The predicted molar refractivity (Wildman–Crippen MR) is 74.5 cm³/mol. The molecule has 20 heavy (non-hydrogen) atoms. The minimum absolute atomic E-state index is 0.0542. The number of aliphatic carboxylic acids is 1. The number of benzene rings is 1. The number of aryl methyl sites for hydroxylation is 2. The molecule has 0 unspecified atom stereocenters. The third-order valence-corrected chi connectivity index (χ3v) is 2.64. The van der Waals surface area contributed by atoms with Crippen LogP contribution in [0.25, 0.3) is 0 Å². The molecule has 106 valence electrons. The number of hydrogen-bond donors (Lipinski definition) is 1. The monoisotopic (exact) mass is 275 g/mol. The second kappa shape index (κ2) is 7.19. The highest BCUT2D eigenvalue weighted by atomic mass is 16.5. The number of rotatable bonds is 6. The zero-order valence-corrected chi connectivity index (χ0v) is 11.5. The maximum Gasteiger partial charge on any atom is 0.323 e. The van der Waals surface area contributed by atoms with Gasteiger partial charge in [-0.25, -0.2) is 0 Å². The number of amides is 1. The summed E-state index contributed by atoms with van der Waals surface area (Å²) >= 11 is 0. The number of carboxylic acids is 1. The van der Waals surface area contributed by atoms with Crippen molar-refractivity contribution in [3.8, 4) is 18.1 Å². The molecule has 0 atom stereocenters. The number of carbonyl (C=O) groups is 2. The van der Waals surface area contributed by atoms with Crippen LogP contribution < -0.4 is 4.74 Å². The van der Waals surface area contributed by atoms with Gasteiger partial charge in [0.1, 0.15) is 12.3 Å². The molecule has 0 spiro atoms. The van der Waals surface area contributed by atoms with Crippen molar-refractivity contribution in [1.82, 2.24) is 4.90 Å². The van der Waals surface area contributed by atoms with Gasteiger partial charge in [0.05, 0.1) is 6.54 Å². The van der Waals surface area contributed by atoms with Gasteiger partial charge < -0.3 is 14.7 Å². The molecule has 1 rings (SSSR count). The first kappa shape index (κ1) is 15.6. The van der Waals surface area contributed by atoms with Crippen LogP contribution in [0.1, 0.15) is 11.1 Å². The average Bonchev–Trinajstić information content (AvgIpc) is 2.36. The third kappa shape index (κ3) is 4.65. The molecule has 0 aliphatic carbocycles. The largest absolute Gasteiger partial charge is 0.483 e. The lowest BCUT2D eigenvalue weighted by Gasteiger charge is -2.18. The van der Waals surface area contributed by atoms with Crippen molar-refractivity contribution in [1.29, 1.82) is 0 Å². The summed E-state index contributed by atoms with van der Waals surface area (Å²) < 4.78 is 5.41. The van der Waals surface area contributed by atoms with Gasteiger partial charge in [-0.1, -0.05) is 23.6 Å². The van der Waals surface area contributed by atoms with Crippen molar-refractivity contribution in [3.63, 3.8) is 0 Å². The second-order valence-electron chi connectivity index (χ2n) is 4.41.